The van der Waals surface area contributed by atoms with Crippen molar-refractivity contribution in [1.82, 2.24) is 19.6 Å². The van der Waals surface area contributed by atoms with Crippen molar-refractivity contribution in [3.63, 3.8) is 0 Å². The summed E-state index contributed by atoms with van der Waals surface area (Å²) in [5.41, 5.74) is 2.09. The minimum atomic E-state index is -0.127. The number of fused-ring (bicyclic) bond motifs is 1. The lowest BCUT2D eigenvalue weighted by molar-refractivity contribution is -0.116. The highest BCUT2D eigenvalue weighted by Gasteiger charge is 2.24. The van der Waals surface area contributed by atoms with E-state index in [1.165, 1.54) is 12.8 Å². The van der Waals surface area contributed by atoms with Gasteiger partial charge in [0.05, 0.1) is 11.7 Å². The lowest BCUT2D eigenvalue weighted by Gasteiger charge is -2.03. The van der Waals surface area contributed by atoms with Crippen molar-refractivity contribution < 1.29 is 4.79 Å². The molecule has 6 nitrogen and oxygen atoms in total. The molecule has 3 aromatic heterocycles. The molecule has 1 amide bonds. The molecule has 136 valence electrons. The topological polar surface area (TPSA) is 64.7 Å². The van der Waals surface area contributed by atoms with Crippen molar-refractivity contribution in [3.8, 4) is 10.4 Å². The van der Waals surface area contributed by atoms with E-state index in [0.717, 1.165) is 33.8 Å². The molecule has 0 unspecified atom stereocenters. The van der Waals surface area contributed by atoms with Gasteiger partial charge in [-0.15, -0.1) is 11.3 Å². The summed E-state index contributed by atoms with van der Waals surface area (Å²) in [6, 6.07) is 12.1. The SMILES string of the molecule is O=C(Cn1cc(-c2cccs2)cn1)Nc1nn(CC2CC2)c2ccccc12. The van der Waals surface area contributed by atoms with Crippen LogP contribution in [-0.2, 0) is 17.9 Å². The van der Waals surface area contributed by atoms with Gasteiger partial charge in [0.1, 0.15) is 6.54 Å². The molecule has 1 aromatic carbocycles. The van der Waals surface area contributed by atoms with Crippen LogP contribution in [-0.4, -0.2) is 25.5 Å². The minimum Gasteiger partial charge on any atom is -0.307 e. The average molecular weight is 377 g/mol. The first-order chi connectivity index (χ1) is 13.3. The second-order valence-corrected chi connectivity index (χ2v) is 7.89. The molecule has 1 N–H and O–H groups in total. The molecule has 0 saturated heterocycles. The van der Waals surface area contributed by atoms with Gasteiger partial charge < -0.3 is 5.32 Å². The molecule has 0 radical (unpaired) electrons. The number of benzene rings is 1. The van der Waals surface area contributed by atoms with Gasteiger partial charge in [-0.3, -0.25) is 14.2 Å². The van der Waals surface area contributed by atoms with Gasteiger partial charge in [0.25, 0.3) is 0 Å². The minimum absolute atomic E-state index is 0.127. The van der Waals surface area contributed by atoms with Gasteiger partial charge >= 0.3 is 0 Å². The quantitative estimate of drug-likeness (QED) is 0.552. The number of nitrogens with zero attached hydrogens (tertiary/aromatic N) is 4. The zero-order valence-electron chi connectivity index (χ0n) is 14.7. The molecule has 5 rings (SSSR count). The molecule has 0 bridgehead atoms. The van der Waals surface area contributed by atoms with Gasteiger partial charge in [-0.05, 0) is 42.3 Å². The van der Waals surface area contributed by atoms with Crippen LogP contribution in [0.15, 0.2) is 54.2 Å². The van der Waals surface area contributed by atoms with E-state index in [9.17, 15) is 4.79 Å². The molecule has 4 aromatic rings. The van der Waals surface area contributed by atoms with E-state index in [1.54, 1.807) is 22.2 Å². The maximum Gasteiger partial charge on any atom is 0.247 e. The van der Waals surface area contributed by atoms with Crippen molar-refractivity contribution in [2.24, 2.45) is 5.92 Å². The van der Waals surface area contributed by atoms with E-state index in [0.29, 0.717) is 5.82 Å². The molecule has 3 heterocycles. The number of aromatic nitrogens is 4. The number of hydrogen-bond donors (Lipinski definition) is 1. The zero-order valence-corrected chi connectivity index (χ0v) is 15.5. The predicted octanol–water partition coefficient (Wildman–Crippen LogP) is 4.01. The predicted molar refractivity (Wildman–Crippen MR) is 107 cm³/mol. The Morgan fingerprint density at radius 2 is 2.11 bits per heavy atom. The Morgan fingerprint density at radius 1 is 1.22 bits per heavy atom. The van der Waals surface area contributed by atoms with Crippen LogP contribution in [0.25, 0.3) is 21.3 Å². The van der Waals surface area contributed by atoms with Crippen LogP contribution >= 0.6 is 11.3 Å². The maximum absolute atomic E-state index is 12.5. The number of carbonyl (C=O) groups is 1. The van der Waals surface area contributed by atoms with Crippen LogP contribution in [0.1, 0.15) is 12.8 Å². The Balaban J connectivity index is 1.33. The highest BCUT2D eigenvalue weighted by atomic mass is 32.1. The number of nitrogens with one attached hydrogen (secondary N) is 1. The average Bonchev–Trinajstić information content (AvgIpc) is 3.06. The van der Waals surface area contributed by atoms with Crippen molar-refractivity contribution >= 4 is 34.0 Å². The Bertz CT molecular complexity index is 1090. The second-order valence-electron chi connectivity index (χ2n) is 6.94. The fourth-order valence-corrected chi connectivity index (χ4v) is 3.95. The van der Waals surface area contributed by atoms with Gasteiger partial charge in [-0.1, -0.05) is 18.2 Å². The fourth-order valence-electron chi connectivity index (χ4n) is 3.24. The van der Waals surface area contributed by atoms with E-state index in [1.807, 2.05) is 46.6 Å². The van der Waals surface area contributed by atoms with E-state index in [-0.39, 0.29) is 12.5 Å². The Labute approximate surface area is 160 Å². The Kier molecular flexibility index (Phi) is 4.01. The number of amides is 1. The summed E-state index contributed by atoms with van der Waals surface area (Å²) < 4.78 is 3.68. The van der Waals surface area contributed by atoms with E-state index >= 15 is 0 Å². The first-order valence-electron chi connectivity index (χ1n) is 9.08. The molecule has 1 aliphatic rings. The molecule has 1 aliphatic carbocycles. The number of rotatable bonds is 6. The summed E-state index contributed by atoms with van der Waals surface area (Å²) in [6.07, 6.45) is 6.22. The van der Waals surface area contributed by atoms with Gasteiger partial charge in [-0.25, -0.2) is 0 Å². The van der Waals surface area contributed by atoms with Gasteiger partial charge in [0.2, 0.25) is 5.91 Å². The third kappa shape index (κ3) is 3.38. The lowest BCUT2D eigenvalue weighted by Crippen LogP contribution is -2.19. The molecule has 0 spiro atoms. The summed E-state index contributed by atoms with van der Waals surface area (Å²) >= 11 is 1.66. The first kappa shape index (κ1) is 16.3. The van der Waals surface area contributed by atoms with Crippen LogP contribution in [0, 0.1) is 5.92 Å². The monoisotopic (exact) mass is 377 g/mol. The molecule has 0 aliphatic heterocycles. The normalized spacial score (nSPS) is 13.9. The van der Waals surface area contributed by atoms with Crippen molar-refractivity contribution in [1.29, 1.82) is 0 Å². The lowest BCUT2D eigenvalue weighted by atomic mass is 10.2. The molecule has 1 saturated carbocycles. The third-order valence-corrected chi connectivity index (χ3v) is 5.71. The van der Waals surface area contributed by atoms with Crippen LogP contribution in [0.2, 0.25) is 0 Å². The molecular formula is C20H19N5OS. The van der Waals surface area contributed by atoms with Crippen LogP contribution in [0.4, 0.5) is 5.82 Å². The van der Waals surface area contributed by atoms with Gasteiger partial charge in [-0.2, -0.15) is 10.2 Å². The fraction of sp³-hybridized carbons (Fsp3) is 0.250. The summed E-state index contributed by atoms with van der Waals surface area (Å²) in [5.74, 6) is 1.22. The number of thiophene rings is 1. The van der Waals surface area contributed by atoms with Gasteiger partial charge in [0.15, 0.2) is 5.82 Å². The molecule has 0 atom stereocenters. The molecule has 1 fully saturated rings. The van der Waals surface area contributed by atoms with Crippen molar-refractivity contribution in [2.45, 2.75) is 25.9 Å². The summed E-state index contributed by atoms with van der Waals surface area (Å²) in [7, 11) is 0. The van der Waals surface area contributed by atoms with Crippen LogP contribution < -0.4 is 5.32 Å². The third-order valence-electron chi connectivity index (χ3n) is 4.79. The van der Waals surface area contributed by atoms with Crippen LogP contribution in [0.5, 0.6) is 0 Å². The van der Waals surface area contributed by atoms with Gasteiger partial charge in [0, 0.05) is 28.6 Å². The van der Waals surface area contributed by atoms with Crippen molar-refractivity contribution in [2.75, 3.05) is 5.32 Å². The molecule has 27 heavy (non-hydrogen) atoms. The molecular weight excluding hydrogens is 358 g/mol. The standard InChI is InChI=1S/C20H19N5OS/c26-19(13-24-12-15(10-21-24)18-6-3-9-27-18)22-20-16-4-1-2-5-17(16)25(23-20)11-14-7-8-14/h1-6,9-10,12,14H,7-8,11,13H2,(H,22,23,26). The Hall–Kier alpha value is -2.93. The highest BCUT2D eigenvalue weighted by molar-refractivity contribution is 7.13. The largest absolute Gasteiger partial charge is 0.307 e. The smallest absolute Gasteiger partial charge is 0.247 e. The summed E-state index contributed by atoms with van der Waals surface area (Å²) in [5, 5.41) is 14.9. The van der Waals surface area contributed by atoms with E-state index in [2.05, 4.69) is 21.6 Å². The Morgan fingerprint density at radius 3 is 2.93 bits per heavy atom. The highest BCUT2D eigenvalue weighted by Crippen LogP contribution is 2.33. The number of hydrogen-bond acceptors (Lipinski definition) is 4. The summed E-state index contributed by atoms with van der Waals surface area (Å²) in [6.45, 7) is 1.08. The van der Waals surface area contributed by atoms with Crippen molar-refractivity contribution in [3.05, 3.63) is 54.2 Å². The number of anilines is 1. The number of carbonyl (C=O) groups excluding carboxylic acids is 1. The maximum atomic E-state index is 12.5. The zero-order chi connectivity index (χ0) is 18.2. The van der Waals surface area contributed by atoms with Crippen LogP contribution in [0.3, 0.4) is 0 Å². The second kappa shape index (κ2) is 6.66. The summed E-state index contributed by atoms with van der Waals surface area (Å²) in [4.78, 5) is 13.7. The number of para-hydroxylation sites is 1. The molecule has 7 heteroatoms. The van der Waals surface area contributed by atoms with E-state index < -0.39 is 0 Å². The first-order valence-corrected chi connectivity index (χ1v) is 9.96. The van der Waals surface area contributed by atoms with E-state index in [4.69, 9.17) is 0 Å².